The summed E-state index contributed by atoms with van der Waals surface area (Å²) in [5, 5.41) is 2.90. The van der Waals surface area contributed by atoms with Gasteiger partial charge in [-0.2, -0.15) is 0 Å². The highest BCUT2D eigenvalue weighted by molar-refractivity contribution is 6.06. The monoisotopic (exact) mass is 369 g/mol. The van der Waals surface area contributed by atoms with E-state index < -0.39 is 11.1 Å². The van der Waals surface area contributed by atoms with Crippen molar-refractivity contribution >= 4 is 22.6 Å². The van der Waals surface area contributed by atoms with Crippen LogP contribution in [0, 0.1) is 0 Å². The maximum absolute atomic E-state index is 12.7. The zero-order valence-electron chi connectivity index (χ0n) is 14.7. The average Bonchev–Trinajstić information content (AvgIpc) is 3.06. The third-order valence-corrected chi connectivity index (χ3v) is 5.04. The van der Waals surface area contributed by atoms with Gasteiger partial charge in [-0.3, -0.25) is 14.4 Å². The van der Waals surface area contributed by atoms with Gasteiger partial charge in [0.1, 0.15) is 0 Å². The molecule has 0 atom stereocenters. The van der Waals surface area contributed by atoms with Crippen LogP contribution in [-0.2, 0) is 6.42 Å². The number of anilines is 1. The predicted molar refractivity (Wildman–Crippen MR) is 108 cm³/mol. The molecular weight excluding hydrogens is 354 g/mol. The van der Waals surface area contributed by atoms with Gasteiger partial charge in [0.05, 0.1) is 11.0 Å². The number of aromatic amines is 2. The standard InChI is InChI=1S/C22H15N3O3/c26-20(13-5-8-18-19(11-13)25-22(28)21(27)24-18)23-15-6-7-17-14(10-15)9-12-3-1-2-4-16(12)17/h1-8,10-11H,9H2,(H,23,26)(H,24,27)(H,25,28). The molecule has 1 aliphatic rings. The molecule has 1 aliphatic carbocycles. The van der Waals surface area contributed by atoms with E-state index in [1.54, 1.807) is 18.2 Å². The summed E-state index contributed by atoms with van der Waals surface area (Å²) < 4.78 is 0. The Morgan fingerprint density at radius 1 is 0.786 bits per heavy atom. The van der Waals surface area contributed by atoms with Crippen LogP contribution in [0.4, 0.5) is 5.69 Å². The topological polar surface area (TPSA) is 94.8 Å². The maximum Gasteiger partial charge on any atom is 0.314 e. The first-order valence-corrected chi connectivity index (χ1v) is 8.87. The van der Waals surface area contributed by atoms with Gasteiger partial charge >= 0.3 is 11.1 Å². The Bertz CT molecular complexity index is 1380. The van der Waals surface area contributed by atoms with E-state index in [9.17, 15) is 14.4 Å². The van der Waals surface area contributed by atoms with Crippen molar-refractivity contribution in [3.8, 4) is 11.1 Å². The minimum Gasteiger partial charge on any atom is -0.322 e. The molecule has 0 radical (unpaired) electrons. The van der Waals surface area contributed by atoms with Crippen LogP contribution in [0.15, 0.2) is 70.3 Å². The molecule has 0 spiro atoms. The lowest BCUT2D eigenvalue weighted by molar-refractivity contribution is 0.102. The Morgan fingerprint density at radius 2 is 1.54 bits per heavy atom. The largest absolute Gasteiger partial charge is 0.322 e. The van der Waals surface area contributed by atoms with E-state index in [4.69, 9.17) is 0 Å². The van der Waals surface area contributed by atoms with Crippen molar-refractivity contribution in [2.75, 3.05) is 5.32 Å². The summed E-state index contributed by atoms with van der Waals surface area (Å²) in [5.41, 5.74) is 5.41. The Kier molecular flexibility index (Phi) is 3.52. The summed E-state index contributed by atoms with van der Waals surface area (Å²) in [7, 11) is 0. The number of nitrogens with one attached hydrogen (secondary N) is 3. The molecule has 0 bridgehead atoms. The molecule has 1 heterocycles. The Hall–Kier alpha value is -3.93. The first-order valence-electron chi connectivity index (χ1n) is 8.87. The average molecular weight is 369 g/mol. The van der Waals surface area contributed by atoms with Gasteiger partial charge in [-0.25, -0.2) is 0 Å². The molecular formula is C22H15N3O3. The van der Waals surface area contributed by atoms with Gasteiger partial charge in [0.2, 0.25) is 0 Å². The molecule has 6 heteroatoms. The Labute approximate surface area is 158 Å². The van der Waals surface area contributed by atoms with Crippen LogP contribution in [0.5, 0.6) is 0 Å². The van der Waals surface area contributed by atoms with Crippen molar-refractivity contribution < 1.29 is 4.79 Å². The van der Waals surface area contributed by atoms with E-state index in [0.29, 0.717) is 22.3 Å². The molecule has 3 N–H and O–H groups in total. The quantitative estimate of drug-likeness (QED) is 0.417. The number of rotatable bonds is 2. The Morgan fingerprint density at radius 3 is 2.39 bits per heavy atom. The smallest absolute Gasteiger partial charge is 0.314 e. The molecule has 5 rings (SSSR count). The number of hydrogen-bond donors (Lipinski definition) is 3. The number of carbonyl (C=O) groups excluding carboxylic acids is 1. The van der Waals surface area contributed by atoms with Crippen molar-refractivity contribution in [3.05, 3.63) is 98.1 Å². The van der Waals surface area contributed by atoms with Gasteiger partial charge in [-0.15, -0.1) is 0 Å². The number of amides is 1. The van der Waals surface area contributed by atoms with Crippen LogP contribution < -0.4 is 16.4 Å². The molecule has 0 aliphatic heterocycles. The highest BCUT2D eigenvalue weighted by Crippen LogP contribution is 2.37. The summed E-state index contributed by atoms with van der Waals surface area (Å²) in [5.74, 6) is -0.288. The highest BCUT2D eigenvalue weighted by Gasteiger charge is 2.18. The Balaban J connectivity index is 1.44. The van der Waals surface area contributed by atoms with E-state index in [1.165, 1.54) is 22.3 Å². The first-order chi connectivity index (χ1) is 13.6. The number of benzene rings is 3. The molecule has 3 aromatic carbocycles. The summed E-state index contributed by atoms with van der Waals surface area (Å²) in [4.78, 5) is 40.5. The van der Waals surface area contributed by atoms with Crippen LogP contribution in [0.2, 0.25) is 0 Å². The molecule has 6 nitrogen and oxygen atoms in total. The molecule has 0 unspecified atom stereocenters. The van der Waals surface area contributed by atoms with Gasteiger partial charge in [-0.05, 0) is 59.0 Å². The van der Waals surface area contributed by atoms with Crippen molar-refractivity contribution in [1.29, 1.82) is 0 Å². The van der Waals surface area contributed by atoms with Crippen LogP contribution >= 0.6 is 0 Å². The van der Waals surface area contributed by atoms with Crippen LogP contribution in [-0.4, -0.2) is 15.9 Å². The number of H-pyrrole nitrogens is 2. The fourth-order valence-corrected chi connectivity index (χ4v) is 3.68. The maximum atomic E-state index is 12.7. The fourth-order valence-electron chi connectivity index (χ4n) is 3.68. The predicted octanol–water partition coefficient (Wildman–Crippen LogP) is 3.04. The summed E-state index contributed by atoms with van der Waals surface area (Å²) in [6, 6.07) is 19.0. The van der Waals surface area contributed by atoms with Crippen LogP contribution in [0.25, 0.3) is 22.2 Å². The number of hydrogen-bond acceptors (Lipinski definition) is 3. The summed E-state index contributed by atoms with van der Waals surface area (Å²) in [6.45, 7) is 0. The molecule has 1 aromatic heterocycles. The first kappa shape index (κ1) is 16.3. The van der Waals surface area contributed by atoms with Crippen molar-refractivity contribution in [2.45, 2.75) is 6.42 Å². The molecule has 4 aromatic rings. The second-order valence-corrected chi connectivity index (χ2v) is 6.83. The highest BCUT2D eigenvalue weighted by atomic mass is 16.2. The lowest BCUT2D eigenvalue weighted by Crippen LogP contribution is -2.29. The van der Waals surface area contributed by atoms with E-state index in [2.05, 4.69) is 27.4 Å². The third-order valence-electron chi connectivity index (χ3n) is 5.04. The summed E-state index contributed by atoms with van der Waals surface area (Å²) in [6.07, 6.45) is 0.847. The minimum absolute atomic E-state index is 0.288. The van der Waals surface area contributed by atoms with Crippen molar-refractivity contribution in [3.63, 3.8) is 0 Å². The number of aromatic nitrogens is 2. The van der Waals surface area contributed by atoms with Gasteiger partial charge in [0, 0.05) is 11.3 Å². The number of fused-ring (bicyclic) bond motifs is 4. The van der Waals surface area contributed by atoms with Crippen LogP contribution in [0.1, 0.15) is 21.5 Å². The van der Waals surface area contributed by atoms with Crippen LogP contribution in [0.3, 0.4) is 0 Å². The molecule has 0 saturated carbocycles. The van der Waals surface area contributed by atoms with Crippen molar-refractivity contribution in [1.82, 2.24) is 9.97 Å². The second-order valence-electron chi connectivity index (χ2n) is 6.83. The lowest BCUT2D eigenvalue weighted by Gasteiger charge is -2.08. The molecule has 136 valence electrons. The fraction of sp³-hybridized carbons (Fsp3) is 0.0455. The number of carbonyl (C=O) groups is 1. The molecule has 0 fully saturated rings. The van der Waals surface area contributed by atoms with E-state index in [0.717, 1.165) is 6.42 Å². The lowest BCUT2D eigenvalue weighted by atomic mass is 10.1. The molecule has 1 amide bonds. The minimum atomic E-state index is -0.747. The van der Waals surface area contributed by atoms with Crippen molar-refractivity contribution in [2.24, 2.45) is 0 Å². The van der Waals surface area contributed by atoms with Gasteiger partial charge in [-0.1, -0.05) is 30.3 Å². The zero-order valence-corrected chi connectivity index (χ0v) is 14.7. The van der Waals surface area contributed by atoms with Gasteiger partial charge < -0.3 is 15.3 Å². The molecule has 28 heavy (non-hydrogen) atoms. The van der Waals surface area contributed by atoms with E-state index >= 15 is 0 Å². The van der Waals surface area contributed by atoms with Gasteiger partial charge in [0.15, 0.2) is 0 Å². The van der Waals surface area contributed by atoms with E-state index in [1.807, 2.05) is 30.3 Å². The second kappa shape index (κ2) is 6.06. The van der Waals surface area contributed by atoms with E-state index in [-0.39, 0.29) is 5.91 Å². The third kappa shape index (κ3) is 2.63. The normalized spacial score (nSPS) is 11.9. The molecule has 0 saturated heterocycles. The zero-order chi connectivity index (χ0) is 19.3. The summed E-state index contributed by atoms with van der Waals surface area (Å²) >= 11 is 0. The SMILES string of the molecule is O=C(Nc1ccc2c(c1)Cc1ccccc1-2)c1ccc2[nH]c(=O)c(=O)[nH]c2c1. The van der Waals surface area contributed by atoms with Gasteiger partial charge in [0.25, 0.3) is 5.91 Å².